The van der Waals surface area contributed by atoms with E-state index in [2.05, 4.69) is 15.0 Å². The van der Waals surface area contributed by atoms with Crippen LogP contribution in [0.1, 0.15) is 44.5 Å². The molecule has 1 aromatic carbocycles. The molecule has 212 valence electrons. The van der Waals surface area contributed by atoms with E-state index in [4.69, 9.17) is 16.3 Å². The number of carbonyl (C=O) groups excluding carboxylic acids is 1. The molecule has 1 spiro atoms. The molecule has 2 aliphatic rings. The Hall–Kier alpha value is -3.48. The summed E-state index contributed by atoms with van der Waals surface area (Å²) in [7, 11) is 2.99. The number of hydrogen-bond donors (Lipinski definition) is 2. The third-order valence-electron chi connectivity index (χ3n) is 8.55. The van der Waals surface area contributed by atoms with Crippen molar-refractivity contribution in [1.29, 1.82) is 0 Å². The first-order chi connectivity index (χ1) is 19.0. The number of imidazole rings is 2. The summed E-state index contributed by atoms with van der Waals surface area (Å²) in [5.41, 5.74) is -0.514. The number of benzene rings is 1. The van der Waals surface area contributed by atoms with Crippen LogP contribution >= 0.6 is 11.6 Å². The molecule has 2 fully saturated rings. The van der Waals surface area contributed by atoms with Crippen LogP contribution in [-0.2, 0) is 30.0 Å². The van der Waals surface area contributed by atoms with Gasteiger partial charge >= 0.3 is 5.69 Å². The Bertz CT molecular complexity index is 1740. The Kier molecular flexibility index (Phi) is 6.39. The topological polar surface area (TPSA) is 140 Å². The van der Waals surface area contributed by atoms with Gasteiger partial charge in [0.15, 0.2) is 11.2 Å². The van der Waals surface area contributed by atoms with Crippen LogP contribution < -0.4 is 11.2 Å². The molecular weight excluding hydrogens is 538 g/mol. The molecule has 0 aliphatic carbocycles. The normalized spacial score (nSPS) is 22.9. The van der Waals surface area contributed by atoms with Crippen LogP contribution in [0, 0.1) is 0 Å². The summed E-state index contributed by atoms with van der Waals surface area (Å²) in [6, 6.07) is 4.90. The van der Waals surface area contributed by atoms with Crippen LogP contribution in [0.25, 0.3) is 22.2 Å². The average molecular weight is 570 g/mol. The molecule has 4 aromatic rings. The third-order valence-corrected chi connectivity index (χ3v) is 8.79. The number of nitrogens with one attached hydrogen (secondary N) is 1. The van der Waals surface area contributed by atoms with Crippen molar-refractivity contribution in [2.45, 2.75) is 56.3 Å². The summed E-state index contributed by atoms with van der Waals surface area (Å²) < 4.78 is 10.4. The zero-order valence-corrected chi connectivity index (χ0v) is 23.4. The summed E-state index contributed by atoms with van der Waals surface area (Å²) in [4.78, 5) is 52.2. The maximum Gasteiger partial charge on any atom is 0.332 e. The number of amides is 1. The molecule has 5 heterocycles. The van der Waals surface area contributed by atoms with Gasteiger partial charge in [-0.15, -0.1) is 0 Å². The van der Waals surface area contributed by atoms with Gasteiger partial charge < -0.3 is 24.3 Å². The molecule has 40 heavy (non-hydrogen) atoms. The molecule has 0 bridgehead atoms. The first-order valence-corrected chi connectivity index (χ1v) is 13.8. The summed E-state index contributed by atoms with van der Waals surface area (Å²) in [5, 5.41) is 12.3. The van der Waals surface area contributed by atoms with Crippen molar-refractivity contribution in [3.05, 3.63) is 56.2 Å². The van der Waals surface area contributed by atoms with Crippen molar-refractivity contribution >= 4 is 39.7 Å². The number of aromatic nitrogens is 6. The van der Waals surface area contributed by atoms with E-state index >= 15 is 0 Å². The van der Waals surface area contributed by atoms with E-state index in [0.29, 0.717) is 50.2 Å². The quantitative estimate of drug-likeness (QED) is 0.381. The number of likely N-dealkylation sites (tertiary alicyclic amines) is 1. The molecule has 2 aliphatic heterocycles. The number of aromatic amines is 1. The number of nitrogens with zero attached hydrogens (tertiary/aromatic N) is 6. The van der Waals surface area contributed by atoms with Crippen molar-refractivity contribution in [3.8, 4) is 0 Å². The minimum absolute atomic E-state index is 0.0557. The van der Waals surface area contributed by atoms with Gasteiger partial charge in [-0.2, -0.15) is 0 Å². The van der Waals surface area contributed by atoms with Gasteiger partial charge in [-0.3, -0.25) is 18.7 Å². The highest BCUT2D eigenvalue weighted by Gasteiger charge is 2.50. The van der Waals surface area contributed by atoms with Gasteiger partial charge in [-0.1, -0.05) is 11.6 Å². The number of carbonyl (C=O) groups is 1. The van der Waals surface area contributed by atoms with E-state index in [-0.39, 0.29) is 23.7 Å². The highest BCUT2D eigenvalue weighted by Crippen LogP contribution is 2.44. The minimum atomic E-state index is -1.21. The number of halogens is 1. The lowest BCUT2D eigenvalue weighted by molar-refractivity contribution is -0.196. The second kappa shape index (κ2) is 9.57. The SMILES string of the molecule is Cn1c(=O)c2c(ncn2[C@@H]2COC3(CCN(C(=O)CCc4nc5ccc(Cl)cc5[nH]4)CC3)C[C@@]2(C)O)n(C)c1=O. The van der Waals surface area contributed by atoms with Gasteiger partial charge in [0, 0.05) is 51.5 Å². The Labute approximate surface area is 234 Å². The number of ether oxygens (including phenoxy) is 1. The molecule has 0 radical (unpaired) electrons. The van der Waals surface area contributed by atoms with E-state index in [0.717, 1.165) is 21.4 Å². The van der Waals surface area contributed by atoms with E-state index in [1.165, 1.54) is 17.9 Å². The number of rotatable bonds is 4. The van der Waals surface area contributed by atoms with Crippen molar-refractivity contribution in [1.82, 2.24) is 33.6 Å². The van der Waals surface area contributed by atoms with Gasteiger partial charge in [-0.25, -0.2) is 14.8 Å². The zero-order chi connectivity index (χ0) is 28.4. The molecule has 13 heteroatoms. The molecule has 12 nitrogen and oxygen atoms in total. The largest absolute Gasteiger partial charge is 0.388 e. The average Bonchev–Trinajstić information content (AvgIpc) is 3.53. The summed E-state index contributed by atoms with van der Waals surface area (Å²) in [6.07, 6.45) is 3.89. The fourth-order valence-electron chi connectivity index (χ4n) is 6.26. The zero-order valence-electron chi connectivity index (χ0n) is 22.7. The van der Waals surface area contributed by atoms with Crippen LogP contribution in [0.2, 0.25) is 5.02 Å². The second-order valence-corrected chi connectivity index (χ2v) is 11.7. The van der Waals surface area contributed by atoms with Crippen LogP contribution in [0.4, 0.5) is 0 Å². The maximum atomic E-state index is 13.0. The van der Waals surface area contributed by atoms with Crippen molar-refractivity contribution in [2.24, 2.45) is 14.1 Å². The van der Waals surface area contributed by atoms with Gasteiger partial charge in [0.1, 0.15) is 5.82 Å². The number of hydrogen-bond acceptors (Lipinski definition) is 7. The Morgan fingerprint density at radius 2 is 1.98 bits per heavy atom. The Balaban J connectivity index is 1.11. The highest BCUT2D eigenvalue weighted by molar-refractivity contribution is 6.31. The van der Waals surface area contributed by atoms with Gasteiger partial charge in [0.2, 0.25) is 5.91 Å². The van der Waals surface area contributed by atoms with E-state index in [1.54, 1.807) is 24.6 Å². The fourth-order valence-corrected chi connectivity index (χ4v) is 6.43. The lowest BCUT2D eigenvalue weighted by Crippen LogP contribution is -2.58. The van der Waals surface area contributed by atoms with Gasteiger partial charge in [-0.05, 0) is 38.0 Å². The van der Waals surface area contributed by atoms with Gasteiger partial charge in [0.05, 0.1) is 41.2 Å². The van der Waals surface area contributed by atoms with E-state index in [9.17, 15) is 19.5 Å². The molecule has 2 N–H and O–H groups in total. The maximum absolute atomic E-state index is 13.0. The summed E-state index contributed by atoms with van der Waals surface area (Å²) in [6.45, 7) is 2.99. The molecule has 1 amide bonds. The summed E-state index contributed by atoms with van der Waals surface area (Å²) in [5.74, 6) is 0.804. The Morgan fingerprint density at radius 3 is 2.70 bits per heavy atom. The molecule has 2 atom stereocenters. The number of aliphatic hydroxyl groups is 1. The number of piperidine rings is 1. The first-order valence-electron chi connectivity index (χ1n) is 13.4. The molecule has 0 unspecified atom stereocenters. The number of fused-ring (bicyclic) bond motifs is 2. The first kappa shape index (κ1) is 26.7. The summed E-state index contributed by atoms with van der Waals surface area (Å²) >= 11 is 6.05. The number of H-pyrrole nitrogens is 1. The van der Waals surface area contributed by atoms with E-state index in [1.807, 2.05) is 17.0 Å². The van der Waals surface area contributed by atoms with Crippen molar-refractivity contribution < 1.29 is 14.6 Å². The van der Waals surface area contributed by atoms with Crippen molar-refractivity contribution in [3.63, 3.8) is 0 Å². The monoisotopic (exact) mass is 569 g/mol. The highest BCUT2D eigenvalue weighted by atomic mass is 35.5. The van der Waals surface area contributed by atoms with Crippen LogP contribution in [0.3, 0.4) is 0 Å². The minimum Gasteiger partial charge on any atom is -0.388 e. The fraction of sp³-hybridized carbons (Fsp3) is 0.519. The predicted molar refractivity (Wildman–Crippen MR) is 148 cm³/mol. The van der Waals surface area contributed by atoms with Crippen LogP contribution in [-0.4, -0.2) is 75.5 Å². The number of aryl methyl sites for hydroxylation is 2. The standard InChI is InChI=1S/C27H32ClN7O5/c1-26(39)14-27(40-13-19(26)35-15-29-23-22(35)24(37)33(3)25(38)32(23)2)8-10-34(11-9-27)21(36)7-6-20-30-17-5-4-16(28)12-18(17)31-20/h4-5,12,15,19,39H,6-11,13-14H2,1-3H3,(H,30,31)/t19-,26-/m1/s1. The second-order valence-electron chi connectivity index (χ2n) is 11.3. The third kappa shape index (κ3) is 4.43. The predicted octanol–water partition coefficient (Wildman–Crippen LogP) is 1.67. The van der Waals surface area contributed by atoms with E-state index < -0.39 is 28.5 Å². The molecule has 0 saturated carbocycles. The molecule has 2 saturated heterocycles. The lowest BCUT2D eigenvalue weighted by atomic mass is 9.75. The molecule has 3 aromatic heterocycles. The van der Waals surface area contributed by atoms with Gasteiger partial charge in [0.25, 0.3) is 5.56 Å². The Morgan fingerprint density at radius 1 is 1.23 bits per heavy atom. The molecular formula is C27H32ClN7O5. The van der Waals surface area contributed by atoms with Crippen LogP contribution in [0.15, 0.2) is 34.1 Å². The van der Waals surface area contributed by atoms with Crippen LogP contribution in [0.5, 0.6) is 0 Å². The smallest absolute Gasteiger partial charge is 0.332 e. The molecule has 6 rings (SSSR count). The lowest BCUT2D eigenvalue weighted by Gasteiger charge is -2.51. The van der Waals surface area contributed by atoms with Crippen molar-refractivity contribution in [2.75, 3.05) is 19.7 Å².